The van der Waals surface area contributed by atoms with Gasteiger partial charge in [0, 0.05) is 18.6 Å². The molecule has 0 amide bonds. The number of halogens is 3. The molecule has 1 aliphatic heterocycles. The molecule has 2 N–H and O–H groups in total. The molecule has 2 aliphatic rings. The molecule has 1 heterocycles. The third kappa shape index (κ3) is 4.12. The average molecular weight is 264 g/mol. The van der Waals surface area contributed by atoms with Crippen molar-refractivity contribution < 1.29 is 13.2 Å². The molecular weight excluding hydrogens is 241 g/mol. The van der Waals surface area contributed by atoms with Crippen LogP contribution in [0.3, 0.4) is 0 Å². The Morgan fingerprint density at radius 3 is 2.50 bits per heavy atom. The summed E-state index contributed by atoms with van der Waals surface area (Å²) in [5.74, 6) is 0.523. The van der Waals surface area contributed by atoms with Gasteiger partial charge in [0.1, 0.15) is 0 Å². The fourth-order valence-electron chi connectivity index (χ4n) is 3.37. The molecule has 1 saturated heterocycles. The van der Waals surface area contributed by atoms with E-state index in [2.05, 4.69) is 10.6 Å². The van der Waals surface area contributed by atoms with Crippen LogP contribution in [0.2, 0.25) is 0 Å². The molecule has 0 aromatic rings. The zero-order valence-corrected chi connectivity index (χ0v) is 10.7. The molecule has 3 unspecified atom stereocenters. The van der Waals surface area contributed by atoms with Crippen LogP contribution in [-0.4, -0.2) is 31.3 Å². The lowest BCUT2D eigenvalue weighted by Crippen LogP contribution is -2.47. The second-order valence-corrected chi connectivity index (χ2v) is 5.58. The summed E-state index contributed by atoms with van der Waals surface area (Å²) < 4.78 is 36.5. The minimum absolute atomic E-state index is 0.0669. The van der Waals surface area contributed by atoms with Crippen LogP contribution < -0.4 is 10.6 Å². The molecule has 0 radical (unpaired) electrons. The Morgan fingerprint density at radius 2 is 1.83 bits per heavy atom. The van der Waals surface area contributed by atoms with Gasteiger partial charge in [0.2, 0.25) is 0 Å². The maximum atomic E-state index is 12.2. The van der Waals surface area contributed by atoms with Crippen molar-refractivity contribution in [2.24, 2.45) is 5.92 Å². The molecule has 0 aromatic carbocycles. The Kier molecular flexibility index (Phi) is 4.90. The lowest BCUT2D eigenvalue weighted by Gasteiger charge is -2.36. The number of nitrogens with one attached hydrogen (secondary N) is 2. The quantitative estimate of drug-likeness (QED) is 0.816. The zero-order chi connectivity index (χ0) is 13.0. The summed E-state index contributed by atoms with van der Waals surface area (Å²) >= 11 is 0. The fourth-order valence-corrected chi connectivity index (χ4v) is 3.37. The minimum atomic E-state index is -4.04. The average Bonchev–Trinajstić information content (AvgIpc) is 2.81. The number of hydrogen-bond acceptors (Lipinski definition) is 2. The summed E-state index contributed by atoms with van der Waals surface area (Å²) in [5.41, 5.74) is 0. The van der Waals surface area contributed by atoms with E-state index in [0.717, 1.165) is 25.8 Å². The van der Waals surface area contributed by atoms with Crippen molar-refractivity contribution in [3.8, 4) is 0 Å². The second kappa shape index (κ2) is 6.24. The lowest BCUT2D eigenvalue weighted by atomic mass is 9.79. The van der Waals surface area contributed by atoms with Crippen molar-refractivity contribution in [2.45, 2.75) is 63.2 Å². The third-order valence-corrected chi connectivity index (χ3v) is 4.25. The van der Waals surface area contributed by atoms with Gasteiger partial charge >= 0.3 is 6.18 Å². The van der Waals surface area contributed by atoms with Gasteiger partial charge in [-0.1, -0.05) is 12.8 Å². The topological polar surface area (TPSA) is 24.1 Å². The van der Waals surface area contributed by atoms with Gasteiger partial charge in [-0.15, -0.1) is 0 Å². The van der Waals surface area contributed by atoms with Crippen LogP contribution >= 0.6 is 0 Å². The minimum Gasteiger partial charge on any atom is -0.314 e. The molecule has 1 saturated carbocycles. The van der Waals surface area contributed by atoms with Gasteiger partial charge in [-0.25, -0.2) is 0 Å². The third-order valence-electron chi connectivity index (χ3n) is 4.25. The maximum absolute atomic E-state index is 12.2. The molecule has 1 aliphatic carbocycles. The molecule has 2 nitrogen and oxygen atoms in total. The normalized spacial score (nSPS) is 33.8. The number of alkyl halides is 3. The van der Waals surface area contributed by atoms with Crippen LogP contribution in [0, 0.1) is 5.92 Å². The summed E-state index contributed by atoms with van der Waals surface area (Å²) in [6.45, 7) is 1.13. The van der Waals surface area contributed by atoms with E-state index in [1.165, 1.54) is 19.3 Å². The molecule has 106 valence electrons. The van der Waals surface area contributed by atoms with Gasteiger partial charge in [0.05, 0.1) is 6.42 Å². The van der Waals surface area contributed by atoms with E-state index in [-0.39, 0.29) is 12.6 Å². The Bertz CT molecular complexity index is 249. The molecule has 3 atom stereocenters. The van der Waals surface area contributed by atoms with Crippen LogP contribution in [0.15, 0.2) is 0 Å². The summed E-state index contributed by atoms with van der Waals surface area (Å²) in [6.07, 6.45) is 2.19. The van der Waals surface area contributed by atoms with Crippen LogP contribution in [0.5, 0.6) is 0 Å². The molecule has 18 heavy (non-hydrogen) atoms. The van der Waals surface area contributed by atoms with E-state index in [1.54, 1.807) is 0 Å². The van der Waals surface area contributed by atoms with Gasteiger partial charge in [0.25, 0.3) is 0 Å². The molecule has 2 fully saturated rings. The Labute approximate surface area is 107 Å². The van der Waals surface area contributed by atoms with E-state index in [9.17, 15) is 13.2 Å². The van der Waals surface area contributed by atoms with E-state index in [4.69, 9.17) is 0 Å². The number of rotatable bonds is 4. The second-order valence-electron chi connectivity index (χ2n) is 5.58. The monoisotopic (exact) mass is 264 g/mol. The largest absolute Gasteiger partial charge is 0.390 e. The molecule has 0 spiro atoms. The number of hydrogen-bond donors (Lipinski definition) is 2. The molecule has 0 bridgehead atoms. The predicted molar refractivity (Wildman–Crippen MR) is 65.4 cm³/mol. The van der Waals surface area contributed by atoms with Gasteiger partial charge in [-0.05, 0) is 38.1 Å². The fraction of sp³-hybridized carbons (Fsp3) is 1.00. The SMILES string of the molecule is FC(F)(F)CCNC1CCCCC1C1CCCN1. The molecule has 2 rings (SSSR count). The first-order valence-electron chi connectivity index (χ1n) is 7.10. The summed E-state index contributed by atoms with van der Waals surface area (Å²) in [7, 11) is 0. The lowest BCUT2D eigenvalue weighted by molar-refractivity contribution is -0.133. The molecular formula is C13H23F3N2. The first kappa shape index (κ1) is 14.1. The Hall–Kier alpha value is -0.290. The van der Waals surface area contributed by atoms with E-state index in [1.807, 2.05) is 0 Å². The van der Waals surface area contributed by atoms with Crippen molar-refractivity contribution in [3.05, 3.63) is 0 Å². The highest BCUT2D eigenvalue weighted by Gasteiger charge is 2.34. The smallest absolute Gasteiger partial charge is 0.314 e. The van der Waals surface area contributed by atoms with Crippen molar-refractivity contribution in [1.82, 2.24) is 10.6 Å². The van der Waals surface area contributed by atoms with Gasteiger partial charge < -0.3 is 10.6 Å². The molecule has 0 aromatic heterocycles. The van der Waals surface area contributed by atoms with Crippen LogP contribution in [-0.2, 0) is 0 Å². The summed E-state index contributed by atoms with van der Waals surface area (Å²) in [6, 6.07) is 0.797. The van der Waals surface area contributed by atoms with Crippen molar-refractivity contribution in [3.63, 3.8) is 0 Å². The van der Waals surface area contributed by atoms with Crippen LogP contribution in [0.4, 0.5) is 13.2 Å². The van der Waals surface area contributed by atoms with Crippen molar-refractivity contribution in [2.75, 3.05) is 13.1 Å². The van der Waals surface area contributed by atoms with Gasteiger partial charge in [-0.2, -0.15) is 13.2 Å². The Morgan fingerprint density at radius 1 is 1.06 bits per heavy atom. The Balaban J connectivity index is 1.80. The van der Waals surface area contributed by atoms with E-state index in [0.29, 0.717) is 12.0 Å². The highest BCUT2D eigenvalue weighted by atomic mass is 19.4. The maximum Gasteiger partial charge on any atom is 0.390 e. The van der Waals surface area contributed by atoms with E-state index >= 15 is 0 Å². The first-order chi connectivity index (χ1) is 8.56. The van der Waals surface area contributed by atoms with Gasteiger partial charge in [-0.3, -0.25) is 0 Å². The van der Waals surface area contributed by atoms with Crippen LogP contribution in [0.1, 0.15) is 44.9 Å². The first-order valence-corrected chi connectivity index (χ1v) is 7.10. The van der Waals surface area contributed by atoms with Gasteiger partial charge in [0.15, 0.2) is 0 Å². The summed E-state index contributed by atoms with van der Waals surface area (Å²) in [4.78, 5) is 0. The molecule has 5 heteroatoms. The highest BCUT2D eigenvalue weighted by Crippen LogP contribution is 2.31. The standard InChI is InChI=1S/C13H23F3N2/c14-13(15,16)7-9-18-11-5-2-1-4-10(11)12-6-3-8-17-12/h10-12,17-18H,1-9H2. The predicted octanol–water partition coefficient (Wildman–Crippen LogP) is 2.84. The van der Waals surface area contributed by atoms with Crippen LogP contribution in [0.25, 0.3) is 0 Å². The summed E-state index contributed by atoms with van der Waals surface area (Å²) in [5, 5.41) is 6.65. The van der Waals surface area contributed by atoms with E-state index < -0.39 is 12.6 Å². The van der Waals surface area contributed by atoms with Crippen molar-refractivity contribution in [1.29, 1.82) is 0 Å². The highest BCUT2D eigenvalue weighted by molar-refractivity contribution is 4.91. The van der Waals surface area contributed by atoms with Crippen molar-refractivity contribution >= 4 is 0 Å². The zero-order valence-electron chi connectivity index (χ0n) is 10.7.